The van der Waals surface area contributed by atoms with Gasteiger partial charge in [0.1, 0.15) is 11.5 Å². The highest BCUT2D eigenvalue weighted by atomic mass is 16.5. The minimum Gasteiger partial charge on any atom is -0.448 e. The van der Waals surface area contributed by atoms with Crippen LogP contribution < -0.4 is 19.3 Å². The fraction of sp³-hybridized carbons (Fsp3) is 0.750. The molecule has 0 N–H and O–H groups in total. The van der Waals surface area contributed by atoms with Gasteiger partial charge in [-0.1, -0.05) is 259 Å². The van der Waals surface area contributed by atoms with Crippen LogP contribution in [0.3, 0.4) is 0 Å². The molecule has 0 radical (unpaired) electrons. The molecule has 4 rings (SSSR count). The van der Waals surface area contributed by atoms with E-state index in [-0.39, 0.29) is 23.1 Å². The predicted molar refractivity (Wildman–Crippen MR) is 302 cm³/mol. The van der Waals surface area contributed by atoms with Crippen molar-refractivity contribution in [1.82, 2.24) is 0 Å². The molecule has 6 nitrogen and oxygen atoms in total. The van der Waals surface area contributed by atoms with Crippen LogP contribution in [0.1, 0.15) is 305 Å². The Balaban J connectivity index is 1.36. The van der Waals surface area contributed by atoms with Crippen molar-refractivity contribution in [2.75, 3.05) is 36.0 Å². The summed E-state index contributed by atoms with van der Waals surface area (Å²) < 4.78 is 12.7. The van der Waals surface area contributed by atoms with Crippen molar-refractivity contribution in [3.8, 4) is 11.5 Å². The van der Waals surface area contributed by atoms with Crippen LogP contribution in [0.2, 0.25) is 0 Å². The Kier molecular flexibility index (Phi) is 32.5. The molecular formula is C64H106N2O4. The third-order valence-corrected chi connectivity index (χ3v) is 15.3. The number of hydrogen-bond donors (Lipinski definition) is 0. The summed E-state index contributed by atoms with van der Waals surface area (Å²) in [6.45, 7) is 13.2. The summed E-state index contributed by atoms with van der Waals surface area (Å²) in [4.78, 5) is 33.0. The average molecular weight is 968 g/mol. The number of fused-ring (bicyclic) bond motifs is 2. The number of benzene rings is 2. The van der Waals surface area contributed by atoms with Gasteiger partial charge in [0.05, 0.1) is 11.1 Å². The maximum absolute atomic E-state index is 14.0. The molecule has 0 atom stereocenters. The largest absolute Gasteiger partial charge is 0.448 e. The summed E-state index contributed by atoms with van der Waals surface area (Å²) in [5.74, 6) is 0.591. The maximum Gasteiger partial charge on any atom is 0.236 e. The van der Waals surface area contributed by atoms with Crippen LogP contribution in [-0.4, -0.2) is 37.7 Å². The van der Waals surface area contributed by atoms with Crippen molar-refractivity contribution in [2.24, 2.45) is 0 Å². The van der Waals surface area contributed by atoms with Crippen molar-refractivity contribution < 1.29 is 19.1 Å². The van der Waals surface area contributed by atoms with Gasteiger partial charge in [-0.2, -0.15) is 0 Å². The number of allylic oxidation sites excluding steroid dienone is 2. The molecule has 2 aliphatic heterocycles. The van der Waals surface area contributed by atoms with Gasteiger partial charge in [-0.25, -0.2) is 0 Å². The molecule has 2 aromatic rings. The van der Waals surface area contributed by atoms with Crippen molar-refractivity contribution >= 4 is 22.9 Å². The molecule has 0 bridgehead atoms. The standard InChI is InChI=1S/C64H106N2O4/c1-5-9-13-17-21-25-29-33-37-41-49-65(50-42-38-34-30-26-22-18-14-10-6-2)55-45-47-57-59(53-55)69-63(61(57)67)64-62(68)58-48-46-56(54-60(58)70-64)66(51-43-39-35-31-27-23-19-15-11-7-3)52-44-40-36-32-28-24-20-16-12-8-4/h45-48,53-54H,5-44,49-52H2,1-4H3. The van der Waals surface area contributed by atoms with Gasteiger partial charge in [0, 0.05) is 49.7 Å². The van der Waals surface area contributed by atoms with E-state index in [1.54, 1.807) is 0 Å². The summed E-state index contributed by atoms with van der Waals surface area (Å²) in [5, 5.41) is 0. The van der Waals surface area contributed by atoms with Crippen LogP contribution in [-0.2, 0) is 0 Å². The summed E-state index contributed by atoms with van der Waals surface area (Å²) >= 11 is 0. The van der Waals surface area contributed by atoms with Gasteiger partial charge in [0.15, 0.2) is 0 Å². The van der Waals surface area contributed by atoms with Crippen molar-refractivity contribution in [1.29, 1.82) is 0 Å². The van der Waals surface area contributed by atoms with Crippen molar-refractivity contribution in [3.05, 3.63) is 59.0 Å². The number of unbranched alkanes of at least 4 members (excludes halogenated alkanes) is 36. The van der Waals surface area contributed by atoms with Crippen LogP contribution in [0.15, 0.2) is 47.9 Å². The van der Waals surface area contributed by atoms with Crippen LogP contribution in [0.25, 0.3) is 0 Å². The van der Waals surface area contributed by atoms with E-state index in [1.165, 1.54) is 231 Å². The van der Waals surface area contributed by atoms with Gasteiger partial charge in [-0.3, -0.25) is 9.59 Å². The Morgan fingerprint density at radius 2 is 0.514 bits per heavy atom. The van der Waals surface area contributed by atoms with Crippen molar-refractivity contribution in [2.45, 2.75) is 285 Å². The molecule has 6 heteroatoms. The van der Waals surface area contributed by atoms with Crippen LogP contribution in [0.5, 0.6) is 11.5 Å². The van der Waals surface area contributed by atoms with E-state index < -0.39 is 0 Å². The second-order valence-corrected chi connectivity index (χ2v) is 21.6. The van der Waals surface area contributed by atoms with Gasteiger partial charge in [-0.15, -0.1) is 0 Å². The van der Waals surface area contributed by atoms with E-state index in [2.05, 4.69) is 49.6 Å². The Morgan fingerprint density at radius 3 is 0.743 bits per heavy atom. The first-order chi connectivity index (χ1) is 34.5. The molecule has 0 saturated heterocycles. The number of nitrogens with zero attached hydrogens (tertiary/aromatic N) is 2. The first kappa shape index (κ1) is 59.3. The van der Waals surface area contributed by atoms with Gasteiger partial charge in [0.25, 0.3) is 0 Å². The van der Waals surface area contributed by atoms with Crippen LogP contribution >= 0.6 is 0 Å². The number of anilines is 2. The normalized spacial score (nSPS) is 14.1. The second kappa shape index (κ2) is 38.4. The van der Waals surface area contributed by atoms with Crippen LogP contribution in [0.4, 0.5) is 11.4 Å². The topological polar surface area (TPSA) is 59.1 Å². The minimum absolute atomic E-state index is 0.0263. The Bertz CT molecular complexity index is 1540. The quantitative estimate of drug-likeness (QED) is 0.0487. The average Bonchev–Trinajstić information content (AvgIpc) is 3.88. The molecule has 0 saturated carbocycles. The molecular weight excluding hydrogens is 861 g/mol. The predicted octanol–water partition coefficient (Wildman–Crippen LogP) is 20.0. The lowest BCUT2D eigenvalue weighted by Gasteiger charge is -2.25. The van der Waals surface area contributed by atoms with E-state index in [0.29, 0.717) is 22.6 Å². The maximum atomic E-state index is 14.0. The number of carbonyl (C=O) groups excluding carboxylic acids is 2. The zero-order valence-corrected chi connectivity index (χ0v) is 46.1. The van der Waals surface area contributed by atoms with Crippen molar-refractivity contribution in [3.63, 3.8) is 0 Å². The first-order valence-corrected chi connectivity index (χ1v) is 30.5. The number of rotatable bonds is 46. The Morgan fingerprint density at radius 1 is 0.300 bits per heavy atom. The summed E-state index contributed by atoms with van der Waals surface area (Å²) in [5.41, 5.74) is 3.22. The number of hydrogen-bond acceptors (Lipinski definition) is 6. The van der Waals surface area contributed by atoms with E-state index in [1.807, 2.05) is 24.3 Å². The molecule has 2 heterocycles. The van der Waals surface area contributed by atoms with Gasteiger partial charge in [-0.05, 0) is 49.9 Å². The monoisotopic (exact) mass is 967 g/mol. The molecule has 396 valence electrons. The second-order valence-electron chi connectivity index (χ2n) is 21.6. The minimum atomic E-state index is -0.266. The Labute approximate surface area is 431 Å². The van der Waals surface area contributed by atoms with Gasteiger partial charge >= 0.3 is 0 Å². The molecule has 0 aliphatic carbocycles. The lowest BCUT2D eigenvalue weighted by atomic mass is 10.0. The molecule has 2 aromatic carbocycles. The SMILES string of the molecule is CCCCCCCCCCCCN(CCCCCCCCCCCC)c1ccc2c(c1)OC(=C1Oc3cc(N(CCCCCCCCCCCC)CCCCCCCCCCCC)ccc3C1=O)C2=O. The molecule has 0 fully saturated rings. The fourth-order valence-electron chi connectivity index (χ4n) is 10.7. The highest BCUT2D eigenvalue weighted by Gasteiger charge is 2.39. The zero-order chi connectivity index (χ0) is 49.7. The molecule has 0 spiro atoms. The first-order valence-electron chi connectivity index (χ1n) is 30.5. The fourth-order valence-corrected chi connectivity index (χ4v) is 10.7. The highest BCUT2D eigenvalue weighted by molar-refractivity contribution is 6.21. The van der Waals surface area contributed by atoms with E-state index >= 15 is 0 Å². The van der Waals surface area contributed by atoms with E-state index in [0.717, 1.165) is 63.2 Å². The molecule has 2 aliphatic rings. The van der Waals surface area contributed by atoms with Crippen LogP contribution in [0, 0.1) is 0 Å². The smallest absolute Gasteiger partial charge is 0.236 e. The number of Topliss-reactive ketones (excluding diaryl/α,β-unsaturated/α-hetero) is 2. The van der Waals surface area contributed by atoms with E-state index in [9.17, 15) is 9.59 Å². The zero-order valence-electron chi connectivity index (χ0n) is 46.1. The van der Waals surface area contributed by atoms with Gasteiger partial charge in [0.2, 0.25) is 23.1 Å². The third-order valence-electron chi connectivity index (χ3n) is 15.3. The molecule has 0 unspecified atom stereocenters. The highest BCUT2D eigenvalue weighted by Crippen LogP contribution is 2.41. The lowest BCUT2D eigenvalue weighted by molar-refractivity contribution is 0.0960. The number of ether oxygens (including phenoxy) is 2. The molecule has 0 aromatic heterocycles. The van der Waals surface area contributed by atoms with Gasteiger partial charge < -0.3 is 19.3 Å². The third kappa shape index (κ3) is 23.1. The summed E-state index contributed by atoms with van der Waals surface area (Å²) in [6, 6.07) is 12.1. The summed E-state index contributed by atoms with van der Waals surface area (Å²) in [6.07, 6.45) is 52.9. The van der Waals surface area contributed by atoms with E-state index in [4.69, 9.17) is 9.47 Å². The number of carbonyl (C=O) groups is 2. The lowest BCUT2D eigenvalue weighted by Crippen LogP contribution is -2.25. The molecule has 0 amide bonds. The summed E-state index contributed by atoms with van der Waals surface area (Å²) in [7, 11) is 0. The Hall–Kier alpha value is -3.28. The molecule has 70 heavy (non-hydrogen) atoms. The number of ketones is 2.